The zero-order chi connectivity index (χ0) is 9.73. The van der Waals surface area contributed by atoms with Gasteiger partial charge in [-0.3, -0.25) is 0 Å². The zero-order valence-corrected chi connectivity index (χ0v) is 8.29. The third-order valence-corrected chi connectivity index (χ3v) is 3.16. The van der Waals surface area contributed by atoms with Crippen LogP contribution in [0.4, 0.5) is 0 Å². The fraction of sp³-hybridized carbons (Fsp3) is 0.727. The number of aldehydes is 1. The summed E-state index contributed by atoms with van der Waals surface area (Å²) in [7, 11) is 0. The van der Waals surface area contributed by atoms with E-state index in [4.69, 9.17) is 4.74 Å². The number of ether oxygens (including phenoxy) is 1. The van der Waals surface area contributed by atoms with Gasteiger partial charge in [-0.2, -0.15) is 0 Å². The maximum absolute atomic E-state index is 11.1. The van der Waals surface area contributed by atoms with Gasteiger partial charge in [0.25, 0.3) is 0 Å². The van der Waals surface area contributed by atoms with Gasteiger partial charge in [-0.25, -0.2) is 0 Å². The molecule has 1 heterocycles. The van der Waals surface area contributed by atoms with Gasteiger partial charge in [0, 0.05) is 18.6 Å². The van der Waals surface area contributed by atoms with E-state index in [9.17, 15) is 4.79 Å². The second kappa shape index (κ2) is 4.56. The number of hydrogen-bond donors (Lipinski definition) is 0. The highest BCUT2D eigenvalue weighted by molar-refractivity contribution is 5.60. The molecule has 0 spiro atoms. The fourth-order valence-corrected chi connectivity index (χ4v) is 1.96. The monoisotopic (exact) mass is 182 g/mol. The molecule has 0 aromatic rings. The van der Waals surface area contributed by atoms with Crippen LogP contribution in [0, 0.1) is 11.3 Å². The quantitative estimate of drug-likeness (QED) is 0.492. The SMILES string of the molecule is C=CCC(C)C1(C=O)CCOCC1. The molecule has 1 unspecified atom stereocenters. The van der Waals surface area contributed by atoms with Crippen LogP contribution in [0.3, 0.4) is 0 Å². The lowest BCUT2D eigenvalue weighted by Gasteiger charge is -2.36. The highest BCUT2D eigenvalue weighted by Gasteiger charge is 2.36. The van der Waals surface area contributed by atoms with E-state index in [1.165, 1.54) is 0 Å². The van der Waals surface area contributed by atoms with Crippen molar-refractivity contribution >= 4 is 6.29 Å². The van der Waals surface area contributed by atoms with Gasteiger partial charge >= 0.3 is 0 Å². The van der Waals surface area contributed by atoms with Gasteiger partial charge in [0.15, 0.2) is 0 Å². The largest absolute Gasteiger partial charge is 0.381 e. The molecule has 0 bridgehead atoms. The molecular formula is C11H18O2. The Balaban J connectivity index is 2.65. The van der Waals surface area contributed by atoms with Gasteiger partial charge in [-0.1, -0.05) is 13.0 Å². The summed E-state index contributed by atoms with van der Waals surface area (Å²) in [5, 5.41) is 0. The minimum absolute atomic E-state index is 0.146. The average Bonchev–Trinajstić information content (AvgIpc) is 2.19. The molecule has 2 heteroatoms. The normalized spacial score (nSPS) is 23.5. The van der Waals surface area contributed by atoms with E-state index in [0.717, 1.165) is 38.8 Å². The van der Waals surface area contributed by atoms with Crippen molar-refractivity contribution in [2.24, 2.45) is 11.3 Å². The molecule has 1 atom stereocenters. The molecular weight excluding hydrogens is 164 g/mol. The second-order valence-electron chi connectivity index (χ2n) is 3.89. The first kappa shape index (κ1) is 10.5. The third kappa shape index (κ3) is 2.19. The van der Waals surface area contributed by atoms with E-state index in [1.807, 2.05) is 6.08 Å². The zero-order valence-electron chi connectivity index (χ0n) is 8.29. The van der Waals surface area contributed by atoms with E-state index in [2.05, 4.69) is 13.5 Å². The summed E-state index contributed by atoms with van der Waals surface area (Å²) in [6.45, 7) is 7.28. The van der Waals surface area contributed by atoms with Crippen molar-refractivity contribution in [2.75, 3.05) is 13.2 Å². The Morgan fingerprint density at radius 1 is 1.54 bits per heavy atom. The summed E-state index contributed by atoms with van der Waals surface area (Å²) in [4.78, 5) is 11.1. The van der Waals surface area contributed by atoms with Crippen molar-refractivity contribution in [1.29, 1.82) is 0 Å². The molecule has 0 aromatic carbocycles. The first-order valence-electron chi connectivity index (χ1n) is 4.90. The number of allylic oxidation sites excluding steroid dienone is 1. The van der Waals surface area contributed by atoms with Crippen LogP contribution in [0.25, 0.3) is 0 Å². The summed E-state index contributed by atoms with van der Waals surface area (Å²) in [6.07, 6.45) is 5.67. The second-order valence-corrected chi connectivity index (χ2v) is 3.89. The van der Waals surface area contributed by atoms with Crippen molar-refractivity contribution in [1.82, 2.24) is 0 Å². The number of rotatable bonds is 4. The molecule has 0 amide bonds. The Morgan fingerprint density at radius 3 is 2.62 bits per heavy atom. The van der Waals surface area contributed by atoms with E-state index >= 15 is 0 Å². The number of carbonyl (C=O) groups is 1. The lowest BCUT2D eigenvalue weighted by Crippen LogP contribution is -2.36. The van der Waals surface area contributed by atoms with Gasteiger partial charge in [0.1, 0.15) is 6.29 Å². The Morgan fingerprint density at radius 2 is 2.15 bits per heavy atom. The molecule has 74 valence electrons. The predicted octanol–water partition coefficient (Wildman–Crippen LogP) is 2.19. The molecule has 0 aliphatic carbocycles. The topological polar surface area (TPSA) is 26.3 Å². The van der Waals surface area contributed by atoms with Gasteiger partial charge in [-0.05, 0) is 25.2 Å². The van der Waals surface area contributed by atoms with Crippen LogP contribution in [0.2, 0.25) is 0 Å². The summed E-state index contributed by atoms with van der Waals surface area (Å²) in [6, 6.07) is 0. The van der Waals surface area contributed by atoms with E-state index < -0.39 is 0 Å². The highest BCUT2D eigenvalue weighted by atomic mass is 16.5. The maximum atomic E-state index is 11.1. The highest BCUT2D eigenvalue weighted by Crippen LogP contribution is 2.37. The van der Waals surface area contributed by atoms with Gasteiger partial charge < -0.3 is 9.53 Å². The van der Waals surface area contributed by atoms with Crippen LogP contribution in [-0.2, 0) is 9.53 Å². The van der Waals surface area contributed by atoms with Gasteiger partial charge in [0.2, 0.25) is 0 Å². The molecule has 2 nitrogen and oxygen atoms in total. The Hall–Kier alpha value is -0.630. The Labute approximate surface area is 80.0 Å². The van der Waals surface area contributed by atoms with Crippen LogP contribution in [-0.4, -0.2) is 19.5 Å². The molecule has 1 aliphatic heterocycles. The van der Waals surface area contributed by atoms with E-state index in [-0.39, 0.29) is 5.41 Å². The molecule has 0 radical (unpaired) electrons. The first-order chi connectivity index (χ1) is 6.25. The standard InChI is InChI=1S/C11H18O2/c1-3-4-10(2)11(9-12)5-7-13-8-6-11/h3,9-10H,1,4-8H2,2H3. The van der Waals surface area contributed by atoms with Crippen LogP contribution >= 0.6 is 0 Å². The van der Waals surface area contributed by atoms with E-state index in [0.29, 0.717) is 5.92 Å². The molecule has 0 aromatic heterocycles. The summed E-state index contributed by atoms with van der Waals surface area (Å²) < 4.78 is 5.27. The Bertz CT molecular complexity index is 181. The van der Waals surface area contributed by atoms with Crippen LogP contribution < -0.4 is 0 Å². The molecule has 1 fully saturated rings. The summed E-state index contributed by atoms with van der Waals surface area (Å²) in [5.74, 6) is 0.395. The average molecular weight is 182 g/mol. The van der Waals surface area contributed by atoms with E-state index in [1.54, 1.807) is 0 Å². The molecule has 1 saturated heterocycles. The molecule has 13 heavy (non-hydrogen) atoms. The van der Waals surface area contributed by atoms with Crippen molar-refractivity contribution in [2.45, 2.75) is 26.2 Å². The van der Waals surface area contributed by atoms with Gasteiger partial charge in [-0.15, -0.1) is 6.58 Å². The molecule has 1 aliphatic rings. The Kier molecular flexibility index (Phi) is 3.67. The van der Waals surface area contributed by atoms with Crippen molar-refractivity contribution in [3.8, 4) is 0 Å². The van der Waals surface area contributed by atoms with Gasteiger partial charge in [0.05, 0.1) is 0 Å². The van der Waals surface area contributed by atoms with Crippen molar-refractivity contribution < 1.29 is 9.53 Å². The number of carbonyl (C=O) groups excluding carboxylic acids is 1. The first-order valence-corrected chi connectivity index (χ1v) is 4.90. The molecule has 0 saturated carbocycles. The minimum Gasteiger partial charge on any atom is -0.381 e. The summed E-state index contributed by atoms with van der Waals surface area (Å²) >= 11 is 0. The molecule has 0 N–H and O–H groups in total. The van der Waals surface area contributed by atoms with Crippen LogP contribution in [0.15, 0.2) is 12.7 Å². The number of hydrogen-bond acceptors (Lipinski definition) is 2. The van der Waals surface area contributed by atoms with Crippen molar-refractivity contribution in [3.05, 3.63) is 12.7 Å². The lowest BCUT2D eigenvalue weighted by atomic mass is 9.70. The molecule has 1 rings (SSSR count). The smallest absolute Gasteiger partial charge is 0.126 e. The van der Waals surface area contributed by atoms with Crippen LogP contribution in [0.5, 0.6) is 0 Å². The maximum Gasteiger partial charge on any atom is 0.126 e. The minimum atomic E-state index is -0.146. The fourth-order valence-electron chi connectivity index (χ4n) is 1.96. The predicted molar refractivity (Wildman–Crippen MR) is 52.5 cm³/mol. The third-order valence-electron chi connectivity index (χ3n) is 3.16. The lowest BCUT2D eigenvalue weighted by molar-refractivity contribution is -0.125. The summed E-state index contributed by atoms with van der Waals surface area (Å²) in [5.41, 5.74) is -0.146. The van der Waals surface area contributed by atoms with Crippen molar-refractivity contribution in [3.63, 3.8) is 0 Å². The van der Waals surface area contributed by atoms with Crippen LogP contribution in [0.1, 0.15) is 26.2 Å².